The predicted octanol–water partition coefficient (Wildman–Crippen LogP) is 3.85. The van der Waals surface area contributed by atoms with Gasteiger partial charge in [-0.2, -0.15) is 0 Å². The fourth-order valence-electron chi connectivity index (χ4n) is 2.41. The van der Waals surface area contributed by atoms with Crippen molar-refractivity contribution in [2.45, 2.75) is 52.1 Å². The smallest absolute Gasteiger partial charge is 0.0446 e. The standard InChI is InChI=1S/C17H30N2/c1-5-6-10-13-19(15(2)3)14-17(18-4)16-11-8-7-9-12-16/h7-9,11-12,15,17-18H,5-6,10,13-14H2,1-4H3. The summed E-state index contributed by atoms with van der Waals surface area (Å²) >= 11 is 0. The van der Waals surface area contributed by atoms with E-state index in [0.717, 1.165) is 6.54 Å². The Kier molecular flexibility index (Phi) is 7.76. The maximum absolute atomic E-state index is 3.45. The lowest BCUT2D eigenvalue weighted by Crippen LogP contribution is -2.38. The van der Waals surface area contributed by atoms with E-state index in [9.17, 15) is 0 Å². The molecule has 1 unspecified atom stereocenters. The third-order valence-corrected chi connectivity index (χ3v) is 3.75. The molecule has 0 radical (unpaired) electrons. The third-order valence-electron chi connectivity index (χ3n) is 3.75. The van der Waals surface area contributed by atoms with Crippen LogP contribution in [0, 0.1) is 0 Å². The lowest BCUT2D eigenvalue weighted by atomic mass is 10.1. The summed E-state index contributed by atoms with van der Waals surface area (Å²) in [5.41, 5.74) is 1.38. The second-order valence-corrected chi connectivity index (χ2v) is 5.55. The molecule has 1 aromatic rings. The van der Waals surface area contributed by atoms with Crippen LogP contribution in [0.4, 0.5) is 0 Å². The zero-order valence-electron chi connectivity index (χ0n) is 13.0. The highest BCUT2D eigenvalue weighted by atomic mass is 15.2. The van der Waals surface area contributed by atoms with Gasteiger partial charge in [-0.1, -0.05) is 50.1 Å². The maximum atomic E-state index is 3.45. The van der Waals surface area contributed by atoms with E-state index in [1.807, 2.05) is 0 Å². The lowest BCUT2D eigenvalue weighted by Gasteiger charge is -2.31. The van der Waals surface area contributed by atoms with Crippen molar-refractivity contribution in [3.63, 3.8) is 0 Å². The van der Waals surface area contributed by atoms with Gasteiger partial charge in [0.2, 0.25) is 0 Å². The van der Waals surface area contributed by atoms with Crippen molar-refractivity contribution in [3.8, 4) is 0 Å². The molecule has 0 aliphatic carbocycles. The Balaban J connectivity index is 2.60. The first kappa shape index (κ1) is 16.2. The number of likely N-dealkylation sites (N-methyl/N-ethyl adjacent to an activating group) is 1. The normalized spacial score (nSPS) is 13.2. The van der Waals surface area contributed by atoms with Gasteiger partial charge in [0.05, 0.1) is 0 Å². The summed E-state index contributed by atoms with van der Waals surface area (Å²) in [4.78, 5) is 2.59. The molecule has 19 heavy (non-hydrogen) atoms. The molecule has 0 heterocycles. The molecule has 0 aliphatic heterocycles. The van der Waals surface area contributed by atoms with E-state index < -0.39 is 0 Å². The molecule has 0 fully saturated rings. The van der Waals surface area contributed by atoms with E-state index >= 15 is 0 Å². The molecule has 2 nitrogen and oxygen atoms in total. The topological polar surface area (TPSA) is 15.3 Å². The summed E-state index contributed by atoms with van der Waals surface area (Å²) in [6, 6.07) is 11.8. The Bertz CT molecular complexity index is 321. The average Bonchev–Trinajstić information content (AvgIpc) is 2.43. The SMILES string of the molecule is CCCCCN(CC(NC)c1ccccc1)C(C)C. The number of rotatable bonds is 9. The fraction of sp³-hybridized carbons (Fsp3) is 0.647. The molecule has 0 bridgehead atoms. The highest BCUT2D eigenvalue weighted by Gasteiger charge is 2.16. The summed E-state index contributed by atoms with van der Waals surface area (Å²) in [5, 5.41) is 3.45. The van der Waals surface area contributed by atoms with Crippen molar-refractivity contribution in [2.75, 3.05) is 20.1 Å². The van der Waals surface area contributed by atoms with Gasteiger partial charge in [-0.25, -0.2) is 0 Å². The van der Waals surface area contributed by atoms with Crippen LogP contribution in [0.5, 0.6) is 0 Å². The molecule has 0 spiro atoms. The van der Waals surface area contributed by atoms with E-state index in [2.05, 4.69) is 68.4 Å². The van der Waals surface area contributed by atoms with Crippen LogP contribution in [0.3, 0.4) is 0 Å². The minimum atomic E-state index is 0.422. The maximum Gasteiger partial charge on any atom is 0.0446 e. The number of unbranched alkanes of at least 4 members (excludes halogenated alkanes) is 2. The van der Waals surface area contributed by atoms with Crippen molar-refractivity contribution >= 4 is 0 Å². The van der Waals surface area contributed by atoms with Crippen molar-refractivity contribution in [3.05, 3.63) is 35.9 Å². The number of nitrogens with zero attached hydrogens (tertiary/aromatic N) is 1. The van der Waals surface area contributed by atoms with Gasteiger partial charge < -0.3 is 5.32 Å². The molecule has 0 aromatic heterocycles. The molecule has 2 heteroatoms. The first-order valence-corrected chi connectivity index (χ1v) is 7.65. The van der Waals surface area contributed by atoms with Gasteiger partial charge in [0, 0.05) is 18.6 Å². The van der Waals surface area contributed by atoms with E-state index in [4.69, 9.17) is 0 Å². The van der Waals surface area contributed by atoms with Crippen LogP contribution in [0.25, 0.3) is 0 Å². The molecular weight excluding hydrogens is 232 g/mol. The highest BCUT2D eigenvalue weighted by molar-refractivity contribution is 5.19. The Hall–Kier alpha value is -0.860. The summed E-state index contributed by atoms with van der Waals surface area (Å²) < 4.78 is 0. The van der Waals surface area contributed by atoms with Crippen molar-refractivity contribution in [1.82, 2.24) is 10.2 Å². The highest BCUT2D eigenvalue weighted by Crippen LogP contribution is 2.15. The minimum absolute atomic E-state index is 0.422. The Morgan fingerprint density at radius 3 is 2.32 bits per heavy atom. The monoisotopic (exact) mass is 262 g/mol. The van der Waals surface area contributed by atoms with Crippen LogP contribution in [-0.2, 0) is 0 Å². The van der Waals surface area contributed by atoms with Gasteiger partial charge in [0.1, 0.15) is 0 Å². The van der Waals surface area contributed by atoms with Crippen molar-refractivity contribution in [2.24, 2.45) is 0 Å². The predicted molar refractivity (Wildman–Crippen MR) is 84.5 cm³/mol. The molecule has 108 valence electrons. The number of nitrogens with one attached hydrogen (secondary N) is 1. The lowest BCUT2D eigenvalue weighted by molar-refractivity contribution is 0.196. The molecule has 0 saturated heterocycles. The van der Waals surface area contributed by atoms with Crippen LogP contribution in [0.2, 0.25) is 0 Å². The quantitative estimate of drug-likeness (QED) is 0.680. The first-order valence-electron chi connectivity index (χ1n) is 7.65. The number of hydrogen-bond acceptors (Lipinski definition) is 2. The fourth-order valence-corrected chi connectivity index (χ4v) is 2.41. The second-order valence-electron chi connectivity index (χ2n) is 5.55. The number of hydrogen-bond donors (Lipinski definition) is 1. The van der Waals surface area contributed by atoms with Crippen LogP contribution >= 0.6 is 0 Å². The molecular formula is C17H30N2. The van der Waals surface area contributed by atoms with Gasteiger partial charge in [0.25, 0.3) is 0 Å². The van der Waals surface area contributed by atoms with Crippen molar-refractivity contribution < 1.29 is 0 Å². The second kappa shape index (κ2) is 9.11. The molecule has 0 saturated carbocycles. The van der Waals surface area contributed by atoms with E-state index in [0.29, 0.717) is 12.1 Å². The zero-order chi connectivity index (χ0) is 14.1. The Labute approximate surface area is 119 Å². The Morgan fingerprint density at radius 2 is 1.79 bits per heavy atom. The molecule has 1 atom stereocenters. The van der Waals surface area contributed by atoms with E-state index in [-0.39, 0.29) is 0 Å². The molecule has 1 aromatic carbocycles. The van der Waals surface area contributed by atoms with Crippen LogP contribution in [-0.4, -0.2) is 31.1 Å². The summed E-state index contributed by atoms with van der Waals surface area (Å²) in [5.74, 6) is 0. The Morgan fingerprint density at radius 1 is 1.11 bits per heavy atom. The van der Waals surface area contributed by atoms with E-state index in [1.54, 1.807) is 0 Å². The van der Waals surface area contributed by atoms with Gasteiger partial charge >= 0.3 is 0 Å². The van der Waals surface area contributed by atoms with Crippen LogP contribution in [0.1, 0.15) is 51.6 Å². The third kappa shape index (κ3) is 5.75. The van der Waals surface area contributed by atoms with Gasteiger partial charge in [-0.15, -0.1) is 0 Å². The molecule has 1 N–H and O–H groups in total. The van der Waals surface area contributed by atoms with Gasteiger partial charge in [0.15, 0.2) is 0 Å². The zero-order valence-corrected chi connectivity index (χ0v) is 13.0. The summed E-state index contributed by atoms with van der Waals surface area (Å²) in [6.45, 7) is 9.14. The minimum Gasteiger partial charge on any atom is -0.312 e. The summed E-state index contributed by atoms with van der Waals surface area (Å²) in [7, 11) is 2.06. The molecule has 1 rings (SSSR count). The van der Waals surface area contributed by atoms with Gasteiger partial charge in [-0.05, 0) is 39.4 Å². The van der Waals surface area contributed by atoms with Crippen LogP contribution in [0.15, 0.2) is 30.3 Å². The van der Waals surface area contributed by atoms with E-state index in [1.165, 1.54) is 31.4 Å². The first-order chi connectivity index (χ1) is 9.19. The summed E-state index contributed by atoms with van der Waals surface area (Å²) in [6.07, 6.45) is 3.93. The largest absolute Gasteiger partial charge is 0.312 e. The van der Waals surface area contributed by atoms with Crippen molar-refractivity contribution in [1.29, 1.82) is 0 Å². The molecule has 0 aliphatic rings. The number of benzene rings is 1. The van der Waals surface area contributed by atoms with Gasteiger partial charge in [-0.3, -0.25) is 4.90 Å². The molecule has 0 amide bonds. The average molecular weight is 262 g/mol. The van der Waals surface area contributed by atoms with Crippen LogP contribution < -0.4 is 5.32 Å².